The van der Waals surface area contributed by atoms with Gasteiger partial charge in [-0.2, -0.15) is 4.31 Å². The number of rotatable bonds is 7. The highest BCUT2D eigenvalue weighted by Gasteiger charge is 2.34. The van der Waals surface area contributed by atoms with Crippen LogP contribution >= 0.6 is 0 Å². The number of carbonyl (C=O) groups is 1. The standard InChI is InChI=1S/C23H30N2O3S/c1-18(2)16-22(19-10-5-3-6-11-19)24-23(26)20-12-9-15-25(17-20)29(27,28)21-13-7-4-8-14-21/h3-8,10-11,13-14,18,20,22H,9,12,15-17H2,1-2H3,(H,24,26). The van der Waals surface area contributed by atoms with E-state index in [2.05, 4.69) is 19.2 Å². The second-order valence-electron chi connectivity index (χ2n) is 8.12. The normalized spacial score (nSPS) is 19.1. The summed E-state index contributed by atoms with van der Waals surface area (Å²) in [6, 6.07) is 18.3. The van der Waals surface area contributed by atoms with Crippen LogP contribution in [0.5, 0.6) is 0 Å². The van der Waals surface area contributed by atoms with Gasteiger partial charge in [0.25, 0.3) is 0 Å². The van der Waals surface area contributed by atoms with Crippen molar-refractivity contribution in [1.29, 1.82) is 0 Å². The molecular weight excluding hydrogens is 384 g/mol. The van der Waals surface area contributed by atoms with E-state index in [9.17, 15) is 13.2 Å². The van der Waals surface area contributed by atoms with Gasteiger partial charge in [-0.05, 0) is 42.9 Å². The number of piperidine rings is 1. The second-order valence-corrected chi connectivity index (χ2v) is 10.1. The molecule has 3 rings (SSSR count). The number of hydrogen-bond donors (Lipinski definition) is 1. The predicted molar refractivity (Wildman–Crippen MR) is 115 cm³/mol. The van der Waals surface area contributed by atoms with Crippen molar-refractivity contribution in [2.24, 2.45) is 11.8 Å². The molecule has 1 heterocycles. The predicted octanol–water partition coefficient (Wildman–Crippen LogP) is 3.99. The molecule has 6 heteroatoms. The van der Waals surface area contributed by atoms with Gasteiger partial charge in [0.05, 0.1) is 16.9 Å². The van der Waals surface area contributed by atoms with E-state index in [4.69, 9.17) is 0 Å². The molecule has 1 aliphatic rings. The van der Waals surface area contributed by atoms with Crippen molar-refractivity contribution in [3.05, 3.63) is 66.2 Å². The van der Waals surface area contributed by atoms with Crippen molar-refractivity contribution in [2.45, 2.75) is 44.0 Å². The molecule has 1 saturated heterocycles. The molecule has 1 fully saturated rings. The van der Waals surface area contributed by atoms with E-state index in [-0.39, 0.29) is 29.3 Å². The Morgan fingerprint density at radius 1 is 1.07 bits per heavy atom. The van der Waals surface area contributed by atoms with E-state index in [0.29, 0.717) is 25.3 Å². The van der Waals surface area contributed by atoms with E-state index >= 15 is 0 Å². The average molecular weight is 415 g/mol. The Labute approximate surface area is 174 Å². The van der Waals surface area contributed by atoms with E-state index in [1.54, 1.807) is 30.3 Å². The van der Waals surface area contributed by atoms with Crippen LogP contribution in [0.15, 0.2) is 65.6 Å². The Bertz CT molecular complexity index is 898. The van der Waals surface area contributed by atoms with Gasteiger partial charge in [-0.15, -0.1) is 0 Å². The summed E-state index contributed by atoms with van der Waals surface area (Å²) < 4.78 is 27.3. The molecule has 2 aromatic carbocycles. The number of benzene rings is 2. The van der Waals surface area contributed by atoms with Crippen LogP contribution in [0.2, 0.25) is 0 Å². The largest absolute Gasteiger partial charge is 0.349 e. The van der Waals surface area contributed by atoms with Gasteiger partial charge in [0.15, 0.2) is 0 Å². The number of carbonyl (C=O) groups excluding carboxylic acids is 1. The minimum absolute atomic E-state index is 0.0625. The van der Waals surface area contributed by atoms with Crippen LogP contribution < -0.4 is 5.32 Å². The van der Waals surface area contributed by atoms with Crippen LogP contribution in [0.3, 0.4) is 0 Å². The number of amides is 1. The molecule has 0 aliphatic carbocycles. The van der Waals surface area contributed by atoms with Gasteiger partial charge in [-0.25, -0.2) is 8.42 Å². The zero-order chi connectivity index (χ0) is 20.9. The lowest BCUT2D eigenvalue weighted by atomic mass is 9.94. The Morgan fingerprint density at radius 3 is 2.31 bits per heavy atom. The van der Waals surface area contributed by atoms with Crippen molar-refractivity contribution in [1.82, 2.24) is 9.62 Å². The summed E-state index contributed by atoms with van der Waals surface area (Å²) in [7, 11) is -3.57. The smallest absolute Gasteiger partial charge is 0.243 e. The average Bonchev–Trinajstić information content (AvgIpc) is 2.74. The maximum Gasteiger partial charge on any atom is 0.243 e. The first-order valence-electron chi connectivity index (χ1n) is 10.3. The van der Waals surface area contributed by atoms with Gasteiger partial charge in [0.2, 0.25) is 15.9 Å². The summed E-state index contributed by atoms with van der Waals surface area (Å²) in [5.74, 6) is 0.0369. The summed E-state index contributed by atoms with van der Waals surface area (Å²) in [6.45, 7) is 4.95. The fourth-order valence-corrected chi connectivity index (χ4v) is 5.39. The van der Waals surface area contributed by atoms with Crippen molar-refractivity contribution in [2.75, 3.05) is 13.1 Å². The SMILES string of the molecule is CC(C)CC(NC(=O)C1CCCN(S(=O)(=O)c2ccccc2)C1)c1ccccc1. The third-order valence-corrected chi connectivity index (χ3v) is 7.24. The molecule has 0 radical (unpaired) electrons. The van der Waals surface area contributed by atoms with Crippen LogP contribution in [-0.2, 0) is 14.8 Å². The maximum absolute atomic E-state index is 13.0. The first-order chi connectivity index (χ1) is 13.9. The van der Waals surface area contributed by atoms with Gasteiger partial charge < -0.3 is 5.32 Å². The van der Waals surface area contributed by atoms with E-state index in [1.165, 1.54) is 4.31 Å². The van der Waals surface area contributed by atoms with Gasteiger partial charge in [0.1, 0.15) is 0 Å². The van der Waals surface area contributed by atoms with E-state index in [0.717, 1.165) is 12.0 Å². The molecule has 2 atom stereocenters. The number of sulfonamides is 1. The molecule has 156 valence electrons. The molecule has 0 spiro atoms. The van der Waals surface area contributed by atoms with Gasteiger partial charge in [-0.1, -0.05) is 62.4 Å². The van der Waals surface area contributed by atoms with Crippen LogP contribution in [0, 0.1) is 11.8 Å². The third-order valence-electron chi connectivity index (χ3n) is 5.36. The summed E-state index contributed by atoms with van der Waals surface area (Å²) in [6.07, 6.45) is 2.23. The lowest BCUT2D eigenvalue weighted by molar-refractivity contribution is -0.127. The summed E-state index contributed by atoms with van der Waals surface area (Å²) >= 11 is 0. The zero-order valence-corrected chi connectivity index (χ0v) is 17.9. The summed E-state index contributed by atoms with van der Waals surface area (Å²) in [5.41, 5.74) is 1.08. The van der Waals surface area contributed by atoms with Gasteiger partial charge in [0, 0.05) is 13.1 Å². The highest BCUT2D eigenvalue weighted by Crippen LogP contribution is 2.26. The quantitative estimate of drug-likeness (QED) is 0.745. The Balaban J connectivity index is 1.72. The summed E-state index contributed by atoms with van der Waals surface area (Å²) in [4.78, 5) is 13.3. The van der Waals surface area contributed by atoms with Crippen molar-refractivity contribution >= 4 is 15.9 Å². The van der Waals surface area contributed by atoms with E-state index in [1.807, 2.05) is 30.3 Å². The van der Waals surface area contributed by atoms with Crippen LogP contribution in [0.1, 0.15) is 44.7 Å². The minimum Gasteiger partial charge on any atom is -0.349 e. The topological polar surface area (TPSA) is 66.5 Å². The molecule has 29 heavy (non-hydrogen) atoms. The summed E-state index contributed by atoms with van der Waals surface area (Å²) in [5, 5.41) is 3.19. The molecule has 5 nitrogen and oxygen atoms in total. The Kier molecular flexibility index (Phi) is 7.09. The number of nitrogens with zero attached hydrogens (tertiary/aromatic N) is 1. The highest BCUT2D eigenvalue weighted by atomic mass is 32.2. The molecule has 2 aromatic rings. The molecule has 1 amide bonds. The number of hydrogen-bond acceptors (Lipinski definition) is 3. The number of nitrogens with one attached hydrogen (secondary N) is 1. The molecular formula is C23H30N2O3S. The molecule has 1 aliphatic heterocycles. The van der Waals surface area contributed by atoms with E-state index < -0.39 is 10.0 Å². The molecule has 0 saturated carbocycles. The maximum atomic E-state index is 13.0. The molecule has 1 N–H and O–H groups in total. The molecule has 0 aromatic heterocycles. The van der Waals surface area contributed by atoms with Gasteiger partial charge >= 0.3 is 0 Å². The lowest BCUT2D eigenvalue weighted by Gasteiger charge is -2.32. The van der Waals surface area contributed by atoms with Crippen molar-refractivity contribution in [3.8, 4) is 0 Å². The zero-order valence-electron chi connectivity index (χ0n) is 17.1. The minimum atomic E-state index is -3.57. The Hall–Kier alpha value is -2.18. The van der Waals surface area contributed by atoms with Crippen molar-refractivity contribution < 1.29 is 13.2 Å². The lowest BCUT2D eigenvalue weighted by Crippen LogP contribution is -2.46. The Morgan fingerprint density at radius 2 is 1.69 bits per heavy atom. The first-order valence-corrected chi connectivity index (χ1v) is 11.7. The van der Waals surface area contributed by atoms with Crippen LogP contribution in [-0.4, -0.2) is 31.7 Å². The van der Waals surface area contributed by atoms with Crippen molar-refractivity contribution in [3.63, 3.8) is 0 Å². The van der Waals surface area contributed by atoms with Gasteiger partial charge in [-0.3, -0.25) is 4.79 Å². The fourth-order valence-electron chi connectivity index (χ4n) is 3.84. The third kappa shape index (κ3) is 5.46. The van der Waals surface area contributed by atoms with Crippen LogP contribution in [0.4, 0.5) is 0 Å². The second kappa shape index (κ2) is 9.55. The van der Waals surface area contributed by atoms with Crippen LogP contribution in [0.25, 0.3) is 0 Å². The molecule has 0 bridgehead atoms. The first kappa shape index (κ1) is 21.5. The molecule has 2 unspecified atom stereocenters. The fraction of sp³-hybridized carbons (Fsp3) is 0.435. The monoisotopic (exact) mass is 414 g/mol. The highest BCUT2D eigenvalue weighted by molar-refractivity contribution is 7.89.